The molecule has 1 rings (SSSR count). The first kappa shape index (κ1) is 10.5. The summed E-state index contributed by atoms with van der Waals surface area (Å²) in [5.74, 6) is -0.0949. The third-order valence-corrected chi connectivity index (χ3v) is 2.73. The maximum absolute atomic E-state index is 11.7. The molecule has 0 bridgehead atoms. The van der Waals surface area contributed by atoms with E-state index in [1.165, 1.54) is 0 Å². The predicted octanol–water partition coefficient (Wildman–Crippen LogP) is 1.46. The van der Waals surface area contributed by atoms with Crippen LogP contribution in [0, 0.1) is 5.41 Å². The second-order valence-electron chi connectivity index (χ2n) is 4.15. The highest BCUT2D eigenvalue weighted by atomic mass is 16.5. The largest absolute Gasteiger partial charge is 0.463 e. The van der Waals surface area contributed by atoms with E-state index in [-0.39, 0.29) is 17.5 Å². The minimum absolute atomic E-state index is 0.0310. The Morgan fingerprint density at radius 3 is 2.38 bits per heavy atom. The van der Waals surface area contributed by atoms with Gasteiger partial charge >= 0.3 is 5.97 Å². The Morgan fingerprint density at radius 1 is 1.46 bits per heavy atom. The third-order valence-electron chi connectivity index (χ3n) is 2.73. The van der Waals surface area contributed by atoms with E-state index < -0.39 is 0 Å². The molecule has 0 atom stereocenters. The fourth-order valence-electron chi connectivity index (χ4n) is 1.88. The SMILES string of the molecule is CC(C)OC(=O)C1(CN)CCCC1. The summed E-state index contributed by atoms with van der Waals surface area (Å²) < 4.78 is 5.21. The number of esters is 1. The van der Waals surface area contributed by atoms with Crippen LogP contribution in [0.3, 0.4) is 0 Å². The molecular formula is C10H19NO2. The van der Waals surface area contributed by atoms with Crippen LogP contribution in [-0.2, 0) is 9.53 Å². The maximum Gasteiger partial charge on any atom is 0.313 e. The molecule has 0 radical (unpaired) electrons. The zero-order chi connectivity index (χ0) is 9.90. The molecule has 0 aromatic rings. The molecule has 1 saturated carbocycles. The fraction of sp³-hybridized carbons (Fsp3) is 0.900. The molecule has 1 aliphatic carbocycles. The summed E-state index contributed by atoms with van der Waals surface area (Å²) in [6.07, 6.45) is 3.97. The molecule has 0 unspecified atom stereocenters. The summed E-state index contributed by atoms with van der Waals surface area (Å²) >= 11 is 0. The Kier molecular flexibility index (Phi) is 3.31. The van der Waals surface area contributed by atoms with Crippen molar-refractivity contribution in [2.45, 2.75) is 45.6 Å². The highest BCUT2D eigenvalue weighted by Gasteiger charge is 2.41. The number of hydrogen-bond donors (Lipinski definition) is 1. The summed E-state index contributed by atoms with van der Waals surface area (Å²) in [5.41, 5.74) is 5.29. The van der Waals surface area contributed by atoms with E-state index in [0.717, 1.165) is 25.7 Å². The lowest BCUT2D eigenvalue weighted by Crippen LogP contribution is -2.38. The highest BCUT2D eigenvalue weighted by Crippen LogP contribution is 2.38. The number of rotatable bonds is 3. The van der Waals surface area contributed by atoms with Gasteiger partial charge in [-0.15, -0.1) is 0 Å². The van der Waals surface area contributed by atoms with E-state index >= 15 is 0 Å². The molecule has 0 aromatic heterocycles. The average Bonchev–Trinajstić information content (AvgIpc) is 2.51. The van der Waals surface area contributed by atoms with Gasteiger partial charge in [0.2, 0.25) is 0 Å². The molecular weight excluding hydrogens is 166 g/mol. The molecule has 13 heavy (non-hydrogen) atoms. The van der Waals surface area contributed by atoms with Gasteiger partial charge in [-0.05, 0) is 26.7 Å². The van der Waals surface area contributed by atoms with Gasteiger partial charge in [-0.1, -0.05) is 12.8 Å². The monoisotopic (exact) mass is 185 g/mol. The molecule has 2 N–H and O–H groups in total. The van der Waals surface area contributed by atoms with E-state index in [1.54, 1.807) is 0 Å². The Labute approximate surface area is 79.6 Å². The average molecular weight is 185 g/mol. The molecule has 3 nitrogen and oxygen atoms in total. The van der Waals surface area contributed by atoms with Crippen molar-refractivity contribution in [3.05, 3.63) is 0 Å². The van der Waals surface area contributed by atoms with Gasteiger partial charge in [-0.2, -0.15) is 0 Å². The second-order valence-corrected chi connectivity index (χ2v) is 4.15. The maximum atomic E-state index is 11.7. The molecule has 0 heterocycles. The standard InChI is InChI=1S/C10H19NO2/c1-8(2)13-9(12)10(7-11)5-3-4-6-10/h8H,3-7,11H2,1-2H3. The zero-order valence-electron chi connectivity index (χ0n) is 8.51. The van der Waals surface area contributed by atoms with Crippen LogP contribution in [0.5, 0.6) is 0 Å². The lowest BCUT2D eigenvalue weighted by molar-refractivity contribution is -0.159. The molecule has 0 amide bonds. The third kappa shape index (κ3) is 2.21. The van der Waals surface area contributed by atoms with Gasteiger partial charge in [0, 0.05) is 6.54 Å². The van der Waals surface area contributed by atoms with Crippen molar-refractivity contribution in [1.82, 2.24) is 0 Å². The van der Waals surface area contributed by atoms with E-state index in [0.29, 0.717) is 6.54 Å². The van der Waals surface area contributed by atoms with Gasteiger partial charge in [0.05, 0.1) is 11.5 Å². The van der Waals surface area contributed by atoms with Crippen LogP contribution < -0.4 is 5.73 Å². The Balaban J connectivity index is 2.60. The topological polar surface area (TPSA) is 52.3 Å². The van der Waals surface area contributed by atoms with Crippen molar-refractivity contribution >= 4 is 5.97 Å². The lowest BCUT2D eigenvalue weighted by atomic mass is 9.86. The van der Waals surface area contributed by atoms with Crippen LogP contribution in [0.15, 0.2) is 0 Å². The molecule has 0 aromatic carbocycles. The Hall–Kier alpha value is -0.570. The van der Waals surface area contributed by atoms with Gasteiger partial charge in [0.15, 0.2) is 0 Å². The fourth-order valence-corrected chi connectivity index (χ4v) is 1.88. The number of nitrogens with two attached hydrogens (primary N) is 1. The highest BCUT2D eigenvalue weighted by molar-refractivity contribution is 5.77. The predicted molar refractivity (Wildman–Crippen MR) is 51.2 cm³/mol. The molecule has 0 spiro atoms. The molecule has 1 aliphatic rings. The van der Waals surface area contributed by atoms with Gasteiger partial charge in [0.25, 0.3) is 0 Å². The Morgan fingerprint density at radius 2 is 2.00 bits per heavy atom. The second kappa shape index (κ2) is 4.09. The number of hydrogen-bond acceptors (Lipinski definition) is 3. The molecule has 76 valence electrons. The number of carbonyl (C=O) groups excluding carboxylic acids is 1. The normalized spacial score (nSPS) is 20.6. The summed E-state index contributed by atoms with van der Waals surface area (Å²) in [5, 5.41) is 0. The summed E-state index contributed by atoms with van der Waals surface area (Å²) in [4.78, 5) is 11.7. The summed E-state index contributed by atoms with van der Waals surface area (Å²) in [6, 6.07) is 0. The van der Waals surface area contributed by atoms with Crippen LogP contribution in [0.2, 0.25) is 0 Å². The van der Waals surface area contributed by atoms with E-state index in [4.69, 9.17) is 10.5 Å². The van der Waals surface area contributed by atoms with Crippen LogP contribution in [0.25, 0.3) is 0 Å². The Bertz CT molecular complexity index is 183. The van der Waals surface area contributed by atoms with Crippen LogP contribution in [0.4, 0.5) is 0 Å². The van der Waals surface area contributed by atoms with Crippen molar-refractivity contribution in [3.8, 4) is 0 Å². The molecule has 0 aliphatic heterocycles. The summed E-state index contributed by atoms with van der Waals surface area (Å²) in [7, 11) is 0. The van der Waals surface area contributed by atoms with Crippen molar-refractivity contribution in [3.63, 3.8) is 0 Å². The van der Waals surface area contributed by atoms with Crippen molar-refractivity contribution < 1.29 is 9.53 Å². The smallest absolute Gasteiger partial charge is 0.313 e. The van der Waals surface area contributed by atoms with Gasteiger partial charge in [-0.3, -0.25) is 4.79 Å². The quantitative estimate of drug-likeness (QED) is 0.677. The van der Waals surface area contributed by atoms with E-state index in [2.05, 4.69) is 0 Å². The molecule has 3 heteroatoms. The first-order chi connectivity index (χ1) is 6.10. The van der Waals surface area contributed by atoms with Crippen LogP contribution >= 0.6 is 0 Å². The zero-order valence-corrected chi connectivity index (χ0v) is 8.51. The number of ether oxygens (including phenoxy) is 1. The minimum Gasteiger partial charge on any atom is -0.463 e. The van der Waals surface area contributed by atoms with E-state index in [9.17, 15) is 4.79 Å². The van der Waals surface area contributed by atoms with Gasteiger partial charge < -0.3 is 10.5 Å². The van der Waals surface area contributed by atoms with Gasteiger partial charge in [0.1, 0.15) is 0 Å². The molecule has 1 fully saturated rings. The van der Waals surface area contributed by atoms with Crippen molar-refractivity contribution in [2.75, 3.05) is 6.54 Å². The van der Waals surface area contributed by atoms with Crippen molar-refractivity contribution in [2.24, 2.45) is 11.1 Å². The van der Waals surface area contributed by atoms with Gasteiger partial charge in [-0.25, -0.2) is 0 Å². The van der Waals surface area contributed by atoms with Crippen molar-refractivity contribution in [1.29, 1.82) is 0 Å². The van der Waals surface area contributed by atoms with E-state index in [1.807, 2.05) is 13.8 Å². The lowest BCUT2D eigenvalue weighted by Gasteiger charge is -2.25. The first-order valence-electron chi connectivity index (χ1n) is 5.02. The summed E-state index contributed by atoms with van der Waals surface area (Å²) in [6.45, 7) is 4.17. The van der Waals surface area contributed by atoms with Crippen LogP contribution in [0.1, 0.15) is 39.5 Å². The number of carbonyl (C=O) groups is 1. The molecule has 0 saturated heterocycles. The van der Waals surface area contributed by atoms with Crippen LogP contribution in [-0.4, -0.2) is 18.6 Å². The minimum atomic E-state index is -0.357. The first-order valence-corrected chi connectivity index (χ1v) is 5.02.